The van der Waals surface area contributed by atoms with Gasteiger partial charge in [-0.1, -0.05) is 44.2 Å². The Morgan fingerprint density at radius 1 is 1.25 bits per heavy atom. The van der Waals surface area contributed by atoms with Crippen molar-refractivity contribution in [3.8, 4) is 0 Å². The van der Waals surface area contributed by atoms with E-state index in [2.05, 4.69) is 66.8 Å². The van der Waals surface area contributed by atoms with Crippen LogP contribution in [0.3, 0.4) is 0 Å². The molecule has 3 heteroatoms. The summed E-state index contributed by atoms with van der Waals surface area (Å²) in [5.74, 6) is 0.533. The molecule has 1 aromatic heterocycles. The highest BCUT2D eigenvalue weighted by molar-refractivity contribution is 7.09. The summed E-state index contributed by atoms with van der Waals surface area (Å²) in [7, 11) is 0. The van der Waals surface area contributed by atoms with Crippen molar-refractivity contribution in [1.29, 1.82) is 0 Å². The predicted molar refractivity (Wildman–Crippen MR) is 87.2 cm³/mol. The van der Waals surface area contributed by atoms with Crippen molar-refractivity contribution in [1.82, 2.24) is 10.3 Å². The van der Waals surface area contributed by atoms with Gasteiger partial charge in [0.15, 0.2) is 0 Å². The zero-order valence-corrected chi connectivity index (χ0v) is 13.4. The zero-order valence-electron chi connectivity index (χ0n) is 12.6. The van der Waals surface area contributed by atoms with Crippen LogP contribution in [0.2, 0.25) is 0 Å². The van der Waals surface area contributed by atoms with Gasteiger partial charge >= 0.3 is 0 Å². The van der Waals surface area contributed by atoms with Crippen LogP contribution in [-0.4, -0.2) is 11.5 Å². The molecule has 0 fully saturated rings. The van der Waals surface area contributed by atoms with E-state index in [0.29, 0.717) is 12.0 Å². The lowest BCUT2D eigenvalue weighted by Gasteiger charge is -2.25. The highest BCUT2D eigenvalue weighted by atomic mass is 32.1. The largest absolute Gasteiger partial charge is 0.310 e. The maximum Gasteiger partial charge on any atom is 0.0897 e. The predicted octanol–water partition coefficient (Wildman–Crippen LogP) is 4.37. The Hall–Kier alpha value is -1.19. The third kappa shape index (κ3) is 4.15. The molecule has 2 nitrogen and oxygen atoms in total. The lowest BCUT2D eigenvalue weighted by molar-refractivity contribution is 0.382. The number of nitrogens with one attached hydrogen (secondary N) is 1. The number of hydrogen-bond acceptors (Lipinski definition) is 3. The third-order valence-electron chi connectivity index (χ3n) is 3.54. The van der Waals surface area contributed by atoms with Gasteiger partial charge in [0.1, 0.15) is 0 Å². The van der Waals surface area contributed by atoms with Gasteiger partial charge < -0.3 is 5.32 Å². The van der Waals surface area contributed by atoms with Gasteiger partial charge in [-0.15, -0.1) is 11.3 Å². The summed E-state index contributed by atoms with van der Waals surface area (Å²) < 4.78 is 0. The first-order valence-corrected chi connectivity index (χ1v) is 8.28. The maximum absolute atomic E-state index is 4.60. The van der Waals surface area contributed by atoms with Crippen molar-refractivity contribution in [2.75, 3.05) is 6.54 Å². The Bertz CT molecular complexity index is 507. The standard InChI is InChI=1S/C17H24N2S/c1-4-10-18-17(15-8-6-5-7-9-15)13(2)11-16-12-20-14(3)19-16/h5-9,12-13,17-18H,4,10-11H2,1-3H3. The molecular formula is C17H24N2S. The molecule has 0 saturated carbocycles. The lowest BCUT2D eigenvalue weighted by atomic mass is 9.91. The summed E-state index contributed by atoms with van der Waals surface area (Å²) in [6, 6.07) is 11.2. The van der Waals surface area contributed by atoms with Crippen LogP contribution in [-0.2, 0) is 6.42 Å². The zero-order chi connectivity index (χ0) is 14.4. The minimum absolute atomic E-state index is 0.401. The normalized spacial score (nSPS) is 14.2. The first kappa shape index (κ1) is 15.2. The van der Waals surface area contributed by atoms with E-state index in [9.17, 15) is 0 Å². The van der Waals surface area contributed by atoms with Crippen molar-refractivity contribution in [2.24, 2.45) is 5.92 Å². The van der Waals surface area contributed by atoms with Crippen molar-refractivity contribution in [2.45, 2.75) is 39.7 Å². The molecule has 0 amide bonds. The van der Waals surface area contributed by atoms with Gasteiger partial charge in [0.05, 0.1) is 10.7 Å². The number of hydrogen-bond donors (Lipinski definition) is 1. The number of benzene rings is 1. The van der Waals surface area contributed by atoms with Gasteiger partial charge in [0.25, 0.3) is 0 Å². The summed E-state index contributed by atoms with van der Waals surface area (Å²) in [6.07, 6.45) is 2.19. The van der Waals surface area contributed by atoms with Gasteiger partial charge in [-0.25, -0.2) is 4.98 Å². The van der Waals surface area contributed by atoms with Gasteiger partial charge in [0, 0.05) is 11.4 Å². The van der Waals surface area contributed by atoms with Crippen LogP contribution in [0.15, 0.2) is 35.7 Å². The number of rotatable bonds is 7. The third-order valence-corrected chi connectivity index (χ3v) is 4.36. The van der Waals surface area contributed by atoms with Crippen LogP contribution in [0.4, 0.5) is 0 Å². The Morgan fingerprint density at radius 2 is 2.00 bits per heavy atom. The fourth-order valence-corrected chi connectivity index (χ4v) is 3.18. The molecule has 20 heavy (non-hydrogen) atoms. The molecule has 2 aromatic rings. The first-order chi connectivity index (χ1) is 9.70. The monoisotopic (exact) mass is 288 g/mol. The van der Waals surface area contributed by atoms with E-state index < -0.39 is 0 Å². The van der Waals surface area contributed by atoms with E-state index >= 15 is 0 Å². The number of thiazole rings is 1. The molecule has 1 heterocycles. The van der Waals surface area contributed by atoms with Gasteiger partial charge in [-0.05, 0) is 37.8 Å². The molecule has 0 saturated heterocycles. The highest BCUT2D eigenvalue weighted by Gasteiger charge is 2.19. The minimum atomic E-state index is 0.401. The molecule has 0 spiro atoms. The summed E-state index contributed by atoms with van der Waals surface area (Å²) in [5, 5.41) is 7.03. The van der Waals surface area contributed by atoms with Crippen LogP contribution in [0, 0.1) is 12.8 Å². The van der Waals surface area contributed by atoms with Crippen LogP contribution in [0.1, 0.15) is 42.6 Å². The molecular weight excluding hydrogens is 264 g/mol. The molecule has 0 radical (unpaired) electrons. The van der Waals surface area contributed by atoms with E-state index in [1.165, 1.54) is 11.3 Å². The molecule has 1 aromatic carbocycles. The Kier molecular flexibility index (Phi) is 5.74. The van der Waals surface area contributed by atoms with E-state index in [0.717, 1.165) is 24.4 Å². The fraction of sp³-hybridized carbons (Fsp3) is 0.471. The molecule has 2 atom stereocenters. The van der Waals surface area contributed by atoms with E-state index in [1.54, 1.807) is 11.3 Å². The first-order valence-electron chi connectivity index (χ1n) is 7.40. The second-order valence-electron chi connectivity index (χ2n) is 5.38. The lowest BCUT2D eigenvalue weighted by Crippen LogP contribution is -2.28. The molecule has 0 aliphatic rings. The quantitative estimate of drug-likeness (QED) is 0.818. The summed E-state index contributed by atoms with van der Waals surface area (Å²) in [4.78, 5) is 4.60. The minimum Gasteiger partial charge on any atom is -0.310 e. The SMILES string of the molecule is CCCNC(c1ccccc1)C(C)Cc1csc(C)n1. The van der Waals surface area contributed by atoms with E-state index in [-0.39, 0.29) is 0 Å². The second-order valence-corrected chi connectivity index (χ2v) is 6.44. The second kappa shape index (κ2) is 7.55. The number of aromatic nitrogens is 1. The van der Waals surface area contributed by atoms with Crippen LogP contribution < -0.4 is 5.32 Å². The Labute approximate surface area is 126 Å². The molecule has 1 N–H and O–H groups in total. The van der Waals surface area contributed by atoms with Gasteiger partial charge in [0.2, 0.25) is 0 Å². The van der Waals surface area contributed by atoms with Crippen molar-refractivity contribution >= 4 is 11.3 Å². The number of nitrogens with zero attached hydrogens (tertiary/aromatic N) is 1. The fourth-order valence-electron chi connectivity index (χ4n) is 2.56. The number of aryl methyl sites for hydroxylation is 1. The Balaban J connectivity index is 2.09. The van der Waals surface area contributed by atoms with Crippen LogP contribution in [0.25, 0.3) is 0 Å². The molecule has 2 rings (SSSR count). The summed E-state index contributed by atoms with van der Waals surface area (Å²) >= 11 is 1.74. The topological polar surface area (TPSA) is 24.9 Å². The van der Waals surface area contributed by atoms with E-state index in [1.807, 2.05) is 0 Å². The van der Waals surface area contributed by atoms with Crippen LogP contribution in [0.5, 0.6) is 0 Å². The van der Waals surface area contributed by atoms with Crippen molar-refractivity contribution in [3.63, 3.8) is 0 Å². The van der Waals surface area contributed by atoms with Gasteiger partial charge in [-0.2, -0.15) is 0 Å². The smallest absolute Gasteiger partial charge is 0.0897 e. The molecule has 108 valence electrons. The van der Waals surface area contributed by atoms with Crippen LogP contribution >= 0.6 is 11.3 Å². The van der Waals surface area contributed by atoms with E-state index in [4.69, 9.17) is 0 Å². The Morgan fingerprint density at radius 3 is 2.60 bits per heavy atom. The summed E-state index contributed by atoms with van der Waals surface area (Å²) in [5.41, 5.74) is 2.60. The van der Waals surface area contributed by atoms with Gasteiger partial charge in [-0.3, -0.25) is 0 Å². The molecule has 0 aliphatic heterocycles. The maximum atomic E-state index is 4.60. The molecule has 0 aliphatic carbocycles. The van der Waals surface area contributed by atoms with Crippen molar-refractivity contribution in [3.05, 3.63) is 52.0 Å². The summed E-state index contributed by atoms with van der Waals surface area (Å²) in [6.45, 7) is 7.65. The average molecular weight is 288 g/mol. The average Bonchev–Trinajstić information content (AvgIpc) is 2.86. The molecule has 2 unspecified atom stereocenters. The highest BCUT2D eigenvalue weighted by Crippen LogP contribution is 2.25. The molecule has 0 bridgehead atoms. The van der Waals surface area contributed by atoms with Crippen molar-refractivity contribution < 1.29 is 0 Å².